The molecule has 4 aromatic rings. The van der Waals surface area contributed by atoms with Crippen molar-refractivity contribution < 1.29 is 4.42 Å². The van der Waals surface area contributed by atoms with Gasteiger partial charge in [0.15, 0.2) is 5.65 Å². The Morgan fingerprint density at radius 1 is 1.12 bits per heavy atom. The number of anilines is 1. The second-order valence-electron chi connectivity index (χ2n) is 5.45. The lowest BCUT2D eigenvalue weighted by Gasteiger charge is -2.05. The number of hydrogen-bond donors (Lipinski definition) is 1. The van der Waals surface area contributed by atoms with Gasteiger partial charge in [-0.15, -0.1) is 0 Å². The zero-order chi connectivity index (χ0) is 16.5. The number of aromatic nitrogens is 5. The van der Waals surface area contributed by atoms with Crippen LogP contribution in [0.25, 0.3) is 16.7 Å². The zero-order valence-electron chi connectivity index (χ0n) is 13.4. The molecule has 120 valence electrons. The third-order valence-electron chi connectivity index (χ3n) is 3.85. The summed E-state index contributed by atoms with van der Waals surface area (Å²) in [6.45, 7) is 4.28. The number of oxazole rings is 1. The average molecular weight is 320 g/mol. The molecule has 0 aliphatic carbocycles. The van der Waals surface area contributed by atoms with Gasteiger partial charge in [0.05, 0.1) is 29.5 Å². The highest BCUT2D eigenvalue weighted by Gasteiger charge is 2.12. The normalized spacial score (nSPS) is 11.1. The van der Waals surface area contributed by atoms with E-state index >= 15 is 0 Å². The first kappa shape index (κ1) is 14.4. The Labute approximate surface area is 138 Å². The van der Waals surface area contributed by atoms with E-state index in [1.54, 1.807) is 10.9 Å². The van der Waals surface area contributed by atoms with Crippen LogP contribution in [-0.4, -0.2) is 24.7 Å². The molecule has 0 fully saturated rings. The summed E-state index contributed by atoms with van der Waals surface area (Å²) in [6, 6.07) is 9.88. The topological polar surface area (TPSA) is 81.7 Å². The second-order valence-corrected chi connectivity index (χ2v) is 5.45. The van der Waals surface area contributed by atoms with Crippen molar-refractivity contribution >= 4 is 16.9 Å². The van der Waals surface area contributed by atoms with E-state index < -0.39 is 0 Å². The average Bonchev–Trinajstić information content (AvgIpc) is 3.18. The number of nitrogens with one attached hydrogen (secondary N) is 1. The lowest BCUT2D eigenvalue weighted by Crippen LogP contribution is -2.03. The molecular weight excluding hydrogens is 304 g/mol. The number of aryl methyl sites for hydroxylation is 2. The van der Waals surface area contributed by atoms with Crippen molar-refractivity contribution in [2.75, 3.05) is 5.32 Å². The molecule has 0 radical (unpaired) electrons. The van der Waals surface area contributed by atoms with Crippen molar-refractivity contribution in [2.24, 2.45) is 0 Å². The zero-order valence-corrected chi connectivity index (χ0v) is 13.4. The van der Waals surface area contributed by atoms with E-state index in [4.69, 9.17) is 4.42 Å². The van der Waals surface area contributed by atoms with E-state index in [9.17, 15) is 0 Å². The fourth-order valence-corrected chi connectivity index (χ4v) is 2.52. The summed E-state index contributed by atoms with van der Waals surface area (Å²) >= 11 is 0. The predicted molar refractivity (Wildman–Crippen MR) is 90.0 cm³/mol. The fraction of sp³-hybridized carbons (Fsp3) is 0.176. The van der Waals surface area contributed by atoms with Crippen molar-refractivity contribution in [1.82, 2.24) is 24.7 Å². The minimum absolute atomic E-state index is 0.456. The van der Waals surface area contributed by atoms with Crippen LogP contribution in [0.2, 0.25) is 0 Å². The maximum Gasteiger partial charge on any atom is 0.213 e. The molecule has 7 nitrogen and oxygen atoms in total. The van der Waals surface area contributed by atoms with Crippen LogP contribution >= 0.6 is 0 Å². The lowest BCUT2D eigenvalue weighted by atomic mass is 10.3. The molecule has 0 unspecified atom stereocenters. The van der Waals surface area contributed by atoms with Crippen molar-refractivity contribution in [2.45, 2.75) is 20.4 Å². The molecule has 1 aromatic carbocycles. The number of rotatable bonds is 4. The molecule has 0 saturated heterocycles. The molecule has 4 rings (SSSR count). The van der Waals surface area contributed by atoms with Gasteiger partial charge in [-0.3, -0.25) is 0 Å². The van der Waals surface area contributed by atoms with Crippen LogP contribution in [0.5, 0.6) is 0 Å². The monoisotopic (exact) mass is 320 g/mol. The van der Waals surface area contributed by atoms with Crippen LogP contribution in [0.3, 0.4) is 0 Å². The lowest BCUT2D eigenvalue weighted by molar-refractivity contribution is 0.478. The first-order valence-electron chi connectivity index (χ1n) is 7.63. The van der Waals surface area contributed by atoms with Gasteiger partial charge in [0, 0.05) is 0 Å². The van der Waals surface area contributed by atoms with Crippen LogP contribution < -0.4 is 5.32 Å². The van der Waals surface area contributed by atoms with Crippen LogP contribution in [-0.2, 0) is 6.54 Å². The third kappa shape index (κ3) is 2.50. The number of para-hydroxylation sites is 1. The smallest absolute Gasteiger partial charge is 0.213 e. The minimum atomic E-state index is 0.456. The summed E-state index contributed by atoms with van der Waals surface area (Å²) in [5.74, 6) is 2.17. The molecule has 7 heteroatoms. The Hall–Kier alpha value is -3.22. The molecule has 1 N–H and O–H groups in total. The molecule has 0 aliphatic heterocycles. The van der Waals surface area contributed by atoms with Crippen LogP contribution in [0.15, 0.2) is 47.3 Å². The van der Waals surface area contributed by atoms with E-state index in [1.165, 1.54) is 6.33 Å². The summed E-state index contributed by atoms with van der Waals surface area (Å²) in [6.07, 6.45) is 3.29. The maximum absolute atomic E-state index is 5.58. The molecule has 24 heavy (non-hydrogen) atoms. The third-order valence-corrected chi connectivity index (χ3v) is 3.85. The highest BCUT2D eigenvalue weighted by atomic mass is 16.4. The van der Waals surface area contributed by atoms with Gasteiger partial charge in [0.25, 0.3) is 0 Å². The Kier molecular flexibility index (Phi) is 3.45. The van der Waals surface area contributed by atoms with E-state index in [0.717, 1.165) is 28.2 Å². The van der Waals surface area contributed by atoms with Crippen molar-refractivity contribution in [3.63, 3.8) is 0 Å². The minimum Gasteiger partial charge on any atom is -0.444 e. The van der Waals surface area contributed by atoms with Gasteiger partial charge in [0.1, 0.15) is 17.9 Å². The summed E-state index contributed by atoms with van der Waals surface area (Å²) in [5.41, 5.74) is 2.60. The first-order chi connectivity index (χ1) is 11.7. The molecule has 3 aromatic heterocycles. The van der Waals surface area contributed by atoms with Gasteiger partial charge in [-0.25, -0.2) is 19.6 Å². The summed E-state index contributed by atoms with van der Waals surface area (Å²) < 4.78 is 7.38. The molecule has 0 aliphatic rings. The molecule has 0 saturated carbocycles. The highest BCUT2D eigenvalue weighted by molar-refractivity contribution is 5.87. The van der Waals surface area contributed by atoms with Crippen molar-refractivity contribution in [3.05, 3.63) is 60.2 Å². The van der Waals surface area contributed by atoms with Crippen LogP contribution in [0, 0.1) is 13.8 Å². The van der Waals surface area contributed by atoms with Gasteiger partial charge in [-0.2, -0.15) is 5.10 Å². The van der Waals surface area contributed by atoms with E-state index in [0.29, 0.717) is 18.3 Å². The molecule has 0 atom stereocenters. The molecule has 0 spiro atoms. The standard InChI is InChI=1S/C17H16N6O/c1-11-12(2)24-15(22-11)9-18-16-14-8-21-23(17(14)20-10-19-16)13-6-4-3-5-7-13/h3-8,10H,9H2,1-2H3,(H,18,19,20). The molecular formula is C17H16N6O. The van der Waals surface area contributed by atoms with Gasteiger partial charge in [0.2, 0.25) is 5.89 Å². The SMILES string of the molecule is Cc1nc(CNc2ncnc3c2cnn3-c2ccccc2)oc1C. The molecule has 0 amide bonds. The van der Waals surface area contributed by atoms with E-state index in [-0.39, 0.29) is 0 Å². The van der Waals surface area contributed by atoms with Gasteiger partial charge >= 0.3 is 0 Å². The fourth-order valence-electron chi connectivity index (χ4n) is 2.52. The maximum atomic E-state index is 5.58. The number of nitrogens with zero attached hydrogens (tertiary/aromatic N) is 5. The summed E-state index contributed by atoms with van der Waals surface area (Å²) in [7, 11) is 0. The second kappa shape index (κ2) is 5.77. The largest absolute Gasteiger partial charge is 0.444 e. The molecule has 0 bridgehead atoms. The predicted octanol–water partition coefficient (Wildman–Crippen LogP) is 3.03. The van der Waals surface area contributed by atoms with Crippen molar-refractivity contribution in [1.29, 1.82) is 0 Å². The Balaban J connectivity index is 1.66. The summed E-state index contributed by atoms with van der Waals surface area (Å²) in [5, 5.41) is 8.53. The highest BCUT2D eigenvalue weighted by Crippen LogP contribution is 2.22. The van der Waals surface area contributed by atoms with Crippen LogP contribution in [0.4, 0.5) is 5.82 Å². The van der Waals surface area contributed by atoms with Gasteiger partial charge in [-0.1, -0.05) is 18.2 Å². The quantitative estimate of drug-likeness (QED) is 0.622. The van der Waals surface area contributed by atoms with Gasteiger partial charge in [-0.05, 0) is 26.0 Å². The molecule has 3 heterocycles. The first-order valence-corrected chi connectivity index (χ1v) is 7.63. The Bertz CT molecular complexity index is 969. The van der Waals surface area contributed by atoms with E-state index in [2.05, 4.69) is 25.4 Å². The Morgan fingerprint density at radius 3 is 2.71 bits per heavy atom. The number of benzene rings is 1. The van der Waals surface area contributed by atoms with Crippen LogP contribution in [0.1, 0.15) is 17.3 Å². The van der Waals surface area contributed by atoms with E-state index in [1.807, 2.05) is 44.2 Å². The van der Waals surface area contributed by atoms with Gasteiger partial charge < -0.3 is 9.73 Å². The number of hydrogen-bond acceptors (Lipinski definition) is 6. The number of fused-ring (bicyclic) bond motifs is 1. The summed E-state index contributed by atoms with van der Waals surface area (Å²) in [4.78, 5) is 13.0. The Morgan fingerprint density at radius 2 is 1.96 bits per heavy atom. The van der Waals surface area contributed by atoms with Crippen molar-refractivity contribution in [3.8, 4) is 5.69 Å².